The second-order valence-electron chi connectivity index (χ2n) is 4.55. The summed E-state index contributed by atoms with van der Waals surface area (Å²) in [4.78, 5) is 22.2. The zero-order valence-corrected chi connectivity index (χ0v) is 11.6. The molecule has 0 heterocycles. The fraction of sp³-hybridized carbons (Fsp3) is 0.800. The number of carboxylic acids is 1. The van der Waals surface area contributed by atoms with Gasteiger partial charge in [0.25, 0.3) is 0 Å². The van der Waals surface area contributed by atoms with Crippen molar-refractivity contribution in [3.63, 3.8) is 0 Å². The lowest BCUT2D eigenvalue weighted by molar-refractivity contribution is -0.139. The maximum atomic E-state index is 11.3. The number of carbonyl (C=O) groups excluding carboxylic acids is 1. The molecule has 2 amide bonds. The molecule has 0 spiro atoms. The van der Waals surface area contributed by atoms with Crippen molar-refractivity contribution in [3.05, 3.63) is 0 Å². The van der Waals surface area contributed by atoms with Gasteiger partial charge in [0, 0.05) is 12.8 Å². The maximum absolute atomic E-state index is 11.3. The van der Waals surface area contributed by atoms with Crippen molar-refractivity contribution < 1.29 is 23.1 Å². The molecule has 0 aromatic carbocycles. The smallest absolute Gasteiger partial charge is 0.326 e. The van der Waals surface area contributed by atoms with E-state index in [1.807, 2.05) is 13.8 Å². The van der Waals surface area contributed by atoms with Crippen LogP contribution in [0.15, 0.2) is 0 Å². The zero-order valence-electron chi connectivity index (χ0n) is 10.8. The zero-order chi connectivity index (χ0) is 14.3. The molecule has 7 nitrogen and oxygen atoms in total. The summed E-state index contributed by atoms with van der Waals surface area (Å²) in [7, 11) is -3.14. The summed E-state index contributed by atoms with van der Waals surface area (Å²) in [6, 6.07) is -1.64. The van der Waals surface area contributed by atoms with Crippen molar-refractivity contribution in [1.29, 1.82) is 0 Å². The molecule has 106 valence electrons. The van der Waals surface area contributed by atoms with Gasteiger partial charge in [0.05, 0.1) is 5.75 Å². The Morgan fingerprint density at radius 2 is 1.83 bits per heavy atom. The molecule has 8 heteroatoms. The normalized spacial score (nSPS) is 13.1. The summed E-state index contributed by atoms with van der Waals surface area (Å²) >= 11 is 0. The number of nitrogens with one attached hydrogen (secondary N) is 2. The molecular formula is C10H20N2O5S. The van der Waals surface area contributed by atoms with Gasteiger partial charge in [-0.05, 0) is 12.3 Å². The van der Waals surface area contributed by atoms with Crippen LogP contribution in [0.4, 0.5) is 4.79 Å². The Hall–Kier alpha value is -1.31. The molecule has 1 unspecified atom stereocenters. The number of sulfone groups is 1. The summed E-state index contributed by atoms with van der Waals surface area (Å²) < 4.78 is 21.6. The lowest BCUT2D eigenvalue weighted by Gasteiger charge is -2.16. The van der Waals surface area contributed by atoms with Crippen LogP contribution in [0.1, 0.15) is 20.3 Å². The van der Waals surface area contributed by atoms with Crippen molar-refractivity contribution in [2.75, 3.05) is 18.6 Å². The number of hydrogen-bond acceptors (Lipinski definition) is 4. The molecule has 0 bridgehead atoms. The Bertz CT molecular complexity index is 391. The lowest BCUT2D eigenvalue weighted by atomic mass is 10.0. The maximum Gasteiger partial charge on any atom is 0.326 e. The van der Waals surface area contributed by atoms with E-state index >= 15 is 0 Å². The van der Waals surface area contributed by atoms with Crippen molar-refractivity contribution in [2.45, 2.75) is 26.3 Å². The van der Waals surface area contributed by atoms with Crippen LogP contribution in [0, 0.1) is 5.92 Å². The molecule has 0 saturated carbocycles. The van der Waals surface area contributed by atoms with Gasteiger partial charge in [0.1, 0.15) is 15.9 Å². The number of carboxylic acid groups (broad SMARTS) is 1. The molecule has 0 fully saturated rings. The molecule has 0 saturated heterocycles. The molecule has 1 atom stereocenters. The van der Waals surface area contributed by atoms with Gasteiger partial charge in [-0.25, -0.2) is 18.0 Å². The van der Waals surface area contributed by atoms with Gasteiger partial charge in [0.2, 0.25) is 0 Å². The second-order valence-corrected chi connectivity index (χ2v) is 6.81. The fourth-order valence-electron chi connectivity index (χ4n) is 1.25. The summed E-state index contributed by atoms with van der Waals surface area (Å²) in [5.41, 5.74) is 0. The van der Waals surface area contributed by atoms with Crippen molar-refractivity contribution in [3.8, 4) is 0 Å². The molecule has 0 aliphatic rings. The van der Waals surface area contributed by atoms with Crippen LogP contribution in [0.3, 0.4) is 0 Å². The summed E-state index contributed by atoms with van der Waals surface area (Å²) in [6.07, 6.45) is 1.38. The highest BCUT2D eigenvalue weighted by Crippen LogP contribution is 2.04. The van der Waals surface area contributed by atoms with Gasteiger partial charge in [-0.15, -0.1) is 0 Å². The Morgan fingerprint density at radius 3 is 2.22 bits per heavy atom. The predicted molar refractivity (Wildman–Crippen MR) is 67.1 cm³/mol. The number of urea groups is 1. The standard InChI is InChI=1S/C10H20N2O5S/c1-7(2)6-8(9(13)14)12-10(15)11-4-5-18(3,16)17/h7-8H,4-6H2,1-3H3,(H,13,14)(H2,11,12,15). The number of aliphatic carboxylic acids is 1. The third kappa shape index (κ3) is 8.80. The number of carbonyl (C=O) groups is 2. The van der Waals surface area contributed by atoms with Crippen LogP contribution in [0.5, 0.6) is 0 Å². The van der Waals surface area contributed by atoms with Crippen LogP contribution >= 0.6 is 0 Å². The van der Waals surface area contributed by atoms with E-state index in [0.29, 0.717) is 6.42 Å². The number of hydrogen-bond donors (Lipinski definition) is 3. The van der Waals surface area contributed by atoms with Crippen molar-refractivity contribution in [1.82, 2.24) is 10.6 Å². The van der Waals surface area contributed by atoms with E-state index < -0.39 is 27.9 Å². The highest BCUT2D eigenvalue weighted by Gasteiger charge is 2.20. The molecule has 0 rings (SSSR count). The summed E-state index contributed by atoms with van der Waals surface area (Å²) in [6.45, 7) is 3.65. The topological polar surface area (TPSA) is 113 Å². The first-order valence-corrected chi connectivity index (χ1v) is 7.62. The van der Waals surface area contributed by atoms with E-state index in [0.717, 1.165) is 6.26 Å². The molecular weight excluding hydrogens is 260 g/mol. The van der Waals surface area contributed by atoms with Gasteiger partial charge in [-0.1, -0.05) is 13.8 Å². The molecule has 0 aromatic rings. The SMILES string of the molecule is CC(C)CC(NC(=O)NCCS(C)(=O)=O)C(=O)O. The fourth-order valence-corrected chi connectivity index (χ4v) is 1.72. The van der Waals surface area contributed by atoms with Gasteiger partial charge in [-0.2, -0.15) is 0 Å². The van der Waals surface area contributed by atoms with Crippen LogP contribution < -0.4 is 10.6 Å². The van der Waals surface area contributed by atoms with Gasteiger partial charge >= 0.3 is 12.0 Å². The highest BCUT2D eigenvalue weighted by atomic mass is 32.2. The second kappa shape index (κ2) is 7.20. The first kappa shape index (κ1) is 16.7. The minimum Gasteiger partial charge on any atom is -0.480 e. The minimum absolute atomic E-state index is 0.0430. The average Bonchev–Trinajstić information content (AvgIpc) is 2.13. The Balaban J connectivity index is 4.15. The third-order valence-electron chi connectivity index (χ3n) is 2.07. The first-order chi connectivity index (χ1) is 8.11. The third-order valence-corrected chi connectivity index (χ3v) is 3.01. The van der Waals surface area contributed by atoms with Crippen LogP contribution in [-0.4, -0.2) is 50.1 Å². The molecule has 18 heavy (non-hydrogen) atoms. The van der Waals surface area contributed by atoms with Gasteiger partial charge in [-0.3, -0.25) is 0 Å². The summed E-state index contributed by atoms with van der Waals surface area (Å²) in [5.74, 6) is -1.16. The van der Waals surface area contributed by atoms with Crippen molar-refractivity contribution >= 4 is 21.8 Å². The largest absolute Gasteiger partial charge is 0.480 e. The molecule has 0 radical (unpaired) electrons. The van der Waals surface area contributed by atoms with Crippen LogP contribution in [0.2, 0.25) is 0 Å². The Kier molecular flexibility index (Phi) is 6.67. The first-order valence-electron chi connectivity index (χ1n) is 5.56. The van der Waals surface area contributed by atoms with Crippen LogP contribution in [0.25, 0.3) is 0 Å². The van der Waals surface area contributed by atoms with E-state index in [-0.39, 0.29) is 18.2 Å². The van der Waals surface area contributed by atoms with E-state index in [4.69, 9.17) is 5.11 Å². The minimum atomic E-state index is -3.14. The van der Waals surface area contributed by atoms with Crippen molar-refractivity contribution in [2.24, 2.45) is 5.92 Å². The van der Waals surface area contributed by atoms with E-state index in [9.17, 15) is 18.0 Å². The predicted octanol–water partition coefficient (Wildman–Crippen LogP) is -0.170. The number of amides is 2. The van der Waals surface area contributed by atoms with E-state index in [1.165, 1.54) is 0 Å². The quantitative estimate of drug-likeness (QED) is 0.599. The number of rotatable bonds is 7. The average molecular weight is 280 g/mol. The van der Waals surface area contributed by atoms with Gasteiger partial charge < -0.3 is 15.7 Å². The molecule has 0 aliphatic heterocycles. The van der Waals surface area contributed by atoms with E-state index in [2.05, 4.69) is 10.6 Å². The summed E-state index contributed by atoms with van der Waals surface area (Å²) in [5, 5.41) is 13.5. The Morgan fingerprint density at radius 1 is 1.28 bits per heavy atom. The highest BCUT2D eigenvalue weighted by molar-refractivity contribution is 7.90. The van der Waals surface area contributed by atoms with Gasteiger partial charge in [0.15, 0.2) is 0 Å². The van der Waals surface area contributed by atoms with E-state index in [1.54, 1.807) is 0 Å². The molecule has 3 N–H and O–H groups in total. The monoisotopic (exact) mass is 280 g/mol. The molecule has 0 aliphatic carbocycles. The molecule has 0 aromatic heterocycles. The lowest BCUT2D eigenvalue weighted by Crippen LogP contribution is -2.47. The Labute approximate surface area is 107 Å². The van der Waals surface area contributed by atoms with Crippen LogP contribution in [-0.2, 0) is 14.6 Å².